The Labute approximate surface area is 246 Å². The van der Waals surface area contributed by atoms with Gasteiger partial charge in [-0.15, -0.1) is 0 Å². The molecule has 10 heteroatoms. The molecule has 1 atom stereocenters. The maximum Gasteiger partial charge on any atom is 0.318 e. The molecule has 0 saturated carbocycles. The number of hydrogen-bond donors (Lipinski definition) is 0. The molecule has 0 bridgehead atoms. The van der Waals surface area contributed by atoms with Gasteiger partial charge in [0.2, 0.25) is 5.91 Å². The highest BCUT2D eigenvalue weighted by atomic mass is 35.5. The molecule has 3 aromatic rings. The van der Waals surface area contributed by atoms with Crippen LogP contribution in [0, 0.1) is 11.3 Å². The number of nitriles is 1. The Morgan fingerprint density at radius 2 is 2.00 bits per heavy atom. The van der Waals surface area contributed by atoms with Gasteiger partial charge in [0.25, 0.3) is 0 Å². The van der Waals surface area contributed by atoms with Crippen LogP contribution in [0.2, 0.25) is 5.02 Å². The van der Waals surface area contributed by atoms with Gasteiger partial charge in [0.15, 0.2) is 0 Å². The van der Waals surface area contributed by atoms with Crippen LogP contribution in [0.15, 0.2) is 49.1 Å². The molecule has 0 spiro atoms. The number of fused-ring (bicyclic) bond motifs is 2. The molecule has 1 unspecified atom stereocenters. The van der Waals surface area contributed by atoms with Crippen LogP contribution in [-0.4, -0.2) is 85.1 Å². The standard InChI is InChI=1S/C31H36ClN7O2/c1-4-28(40)39-18-17-38(20-23(39)12-14-33)30-24-13-16-37(27-11-6-9-22-8-5-10-25(32)29(22)27)21-26(24)34-31(35-30)41-19-7-15-36(2)3/h4-6,8-11,23H,1,7,12-13,15-21H2,2-3H3. The highest BCUT2D eigenvalue weighted by molar-refractivity contribution is 6.36. The summed E-state index contributed by atoms with van der Waals surface area (Å²) in [6.07, 6.45) is 3.17. The molecule has 2 aliphatic rings. The first-order chi connectivity index (χ1) is 19.9. The molecule has 1 aromatic heterocycles. The third kappa shape index (κ3) is 6.24. The van der Waals surface area contributed by atoms with Crippen molar-refractivity contribution in [3.63, 3.8) is 0 Å². The number of amides is 1. The van der Waals surface area contributed by atoms with E-state index in [4.69, 9.17) is 26.3 Å². The van der Waals surface area contributed by atoms with E-state index in [-0.39, 0.29) is 18.4 Å². The number of carbonyl (C=O) groups is 1. The Bertz CT molecular complexity index is 1470. The minimum Gasteiger partial charge on any atom is -0.463 e. The number of rotatable bonds is 9. The zero-order valence-corrected chi connectivity index (χ0v) is 24.5. The second kappa shape index (κ2) is 12.8. The molecule has 41 heavy (non-hydrogen) atoms. The summed E-state index contributed by atoms with van der Waals surface area (Å²) in [6, 6.07) is 14.6. The summed E-state index contributed by atoms with van der Waals surface area (Å²) in [5.74, 6) is 0.686. The Morgan fingerprint density at radius 3 is 2.76 bits per heavy atom. The second-order valence-corrected chi connectivity index (χ2v) is 11.2. The Kier molecular flexibility index (Phi) is 8.91. The predicted octanol–water partition coefficient (Wildman–Crippen LogP) is 4.29. The summed E-state index contributed by atoms with van der Waals surface area (Å²) in [7, 11) is 4.08. The van der Waals surface area contributed by atoms with Crippen LogP contribution >= 0.6 is 11.6 Å². The van der Waals surface area contributed by atoms with Gasteiger partial charge in [-0.2, -0.15) is 15.2 Å². The zero-order valence-electron chi connectivity index (χ0n) is 23.7. The highest BCUT2D eigenvalue weighted by Crippen LogP contribution is 2.37. The van der Waals surface area contributed by atoms with Crippen LogP contribution < -0.4 is 14.5 Å². The van der Waals surface area contributed by atoms with Crippen molar-refractivity contribution in [1.29, 1.82) is 5.26 Å². The number of hydrogen-bond acceptors (Lipinski definition) is 8. The summed E-state index contributed by atoms with van der Waals surface area (Å²) in [5, 5.41) is 12.3. The monoisotopic (exact) mass is 573 g/mol. The van der Waals surface area contributed by atoms with Gasteiger partial charge >= 0.3 is 6.01 Å². The first-order valence-electron chi connectivity index (χ1n) is 14.0. The Balaban J connectivity index is 1.48. The van der Waals surface area contributed by atoms with Crippen molar-refractivity contribution in [1.82, 2.24) is 19.8 Å². The number of carbonyl (C=O) groups excluding carboxylic acids is 1. The van der Waals surface area contributed by atoms with Gasteiger partial charge in [-0.25, -0.2) is 0 Å². The smallest absolute Gasteiger partial charge is 0.318 e. The van der Waals surface area contributed by atoms with Gasteiger partial charge in [-0.3, -0.25) is 4.79 Å². The van der Waals surface area contributed by atoms with E-state index in [0.717, 1.165) is 64.5 Å². The summed E-state index contributed by atoms with van der Waals surface area (Å²) in [4.78, 5) is 30.7. The van der Waals surface area contributed by atoms with Crippen molar-refractivity contribution in [3.05, 3.63) is 65.3 Å². The van der Waals surface area contributed by atoms with Crippen molar-refractivity contribution in [2.24, 2.45) is 0 Å². The summed E-state index contributed by atoms with van der Waals surface area (Å²) in [5.41, 5.74) is 3.10. The third-order valence-corrected chi connectivity index (χ3v) is 8.06. The van der Waals surface area contributed by atoms with Crippen molar-refractivity contribution in [2.45, 2.75) is 31.8 Å². The van der Waals surface area contributed by atoms with Crippen LogP contribution in [0.4, 0.5) is 11.5 Å². The molecular weight excluding hydrogens is 538 g/mol. The molecule has 214 valence electrons. The normalized spacial score (nSPS) is 17.0. The fourth-order valence-corrected chi connectivity index (χ4v) is 6.02. The summed E-state index contributed by atoms with van der Waals surface area (Å²) < 4.78 is 6.09. The van der Waals surface area contributed by atoms with E-state index >= 15 is 0 Å². The Morgan fingerprint density at radius 1 is 1.20 bits per heavy atom. The molecule has 1 saturated heterocycles. The van der Waals surface area contributed by atoms with Crippen molar-refractivity contribution < 1.29 is 9.53 Å². The molecule has 2 aromatic carbocycles. The largest absolute Gasteiger partial charge is 0.463 e. The number of ether oxygens (including phenoxy) is 1. The van der Waals surface area contributed by atoms with Gasteiger partial charge in [0.05, 0.1) is 42.4 Å². The lowest BCUT2D eigenvalue weighted by Gasteiger charge is -2.42. The average Bonchev–Trinajstić information content (AvgIpc) is 2.98. The molecule has 0 N–H and O–H groups in total. The molecule has 3 heterocycles. The molecule has 2 aliphatic heterocycles. The fraction of sp³-hybridized carbons (Fsp3) is 0.419. The number of aromatic nitrogens is 2. The summed E-state index contributed by atoms with van der Waals surface area (Å²) >= 11 is 6.67. The van der Waals surface area contributed by atoms with Crippen molar-refractivity contribution >= 4 is 39.8 Å². The number of nitrogens with zero attached hydrogens (tertiary/aromatic N) is 7. The highest BCUT2D eigenvalue weighted by Gasteiger charge is 2.33. The van der Waals surface area contributed by atoms with Gasteiger partial charge in [-0.1, -0.05) is 42.4 Å². The quantitative estimate of drug-likeness (QED) is 0.277. The van der Waals surface area contributed by atoms with E-state index in [0.29, 0.717) is 38.8 Å². The van der Waals surface area contributed by atoms with Gasteiger partial charge < -0.3 is 24.3 Å². The molecule has 1 fully saturated rings. The molecule has 0 aliphatic carbocycles. The molecular formula is C31H36ClN7O2. The average molecular weight is 574 g/mol. The van der Waals surface area contributed by atoms with Gasteiger partial charge in [0, 0.05) is 49.4 Å². The van der Waals surface area contributed by atoms with E-state index in [1.165, 1.54) is 6.08 Å². The van der Waals surface area contributed by atoms with E-state index in [1.807, 2.05) is 26.2 Å². The van der Waals surface area contributed by atoms with Crippen LogP contribution in [0.1, 0.15) is 24.1 Å². The lowest BCUT2D eigenvalue weighted by Crippen LogP contribution is -2.55. The maximum atomic E-state index is 12.5. The van der Waals surface area contributed by atoms with E-state index in [1.54, 1.807) is 4.90 Å². The number of piperazine rings is 1. The summed E-state index contributed by atoms with van der Waals surface area (Å²) in [6.45, 7) is 8.05. The number of halogens is 1. The van der Waals surface area contributed by atoms with Crippen molar-refractivity contribution in [2.75, 3.05) is 63.2 Å². The third-order valence-electron chi connectivity index (χ3n) is 7.74. The lowest BCUT2D eigenvalue weighted by molar-refractivity contribution is -0.128. The SMILES string of the molecule is C=CC(=O)N1CCN(c2nc(OCCCN(C)C)nc3c2CCN(c2cccc4cccc(Cl)c24)C3)CC1CC#N. The lowest BCUT2D eigenvalue weighted by atomic mass is 10.0. The van der Waals surface area contributed by atoms with E-state index in [2.05, 4.69) is 51.6 Å². The number of anilines is 2. The first kappa shape index (κ1) is 28.7. The topological polar surface area (TPSA) is 88.8 Å². The van der Waals surface area contributed by atoms with Crippen LogP contribution in [0.25, 0.3) is 10.8 Å². The molecule has 0 radical (unpaired) electrons. The van der Waals surface area contributed by atoms with Crippen LogP contribution in [0.5, 0.6) is 6.01 Å². The van der Waals surface area contributed by atoms with Gasteiger partial charge in [-0.05, 0) is 50.5 Å². The van der Waals surface area contributed by atoms with Crippen LogP contribution in [0.3, 0.4) is 0 Å². The second-order valence-electron chi connectivity index (χ2n) is 10.7. The van der Waals surface area contributed by atoms with E-state index in [9.17, 15) is 10.1 Å². The van der Waals surface area contributed by atoms with Crippen LogP contribution in [-0.2, 0) is 17.8 Å². The predicted molar refractivity (Wildman–Crippen MR) is 163 cm³/mol. The minimum atomic E-state index is -0.243. The number of benzene rings is 2. The van der Waals surface area contributed by atoms with Gasteiger partial charge in [0.1, 0.15) is 5.82 Å². The Hall–Kier alpha value is -3.87. The maximum absolute atomic E-state index is 12.5. The first-order valence-corrected chi connectivity index (χ1v) is 14.4. The van der Waals surface area contributed by atoms with Crippen molar-refractivity contribution in [3.8, 4) is 12.1 Å². The molecule has 9 nitrogen and oxygen atoms in total. The molecule has 1 amide bonds. The van der Waals surface area contributed by atoms with E-state index < -0.39 is 0 Å². The fourth-order valence-electron chi connectivity index (χ4n) is 5.74. The molecule has 5 rings (SSSR count). The minimum absolute atomic E-state index is 0.149. The zero-order chi connectivity index (χ0) is 28.9.